The van der Waals surface area contributed by atoms with Gasteiger partial charge in [-0.1, -0.05) is 17.7 Å². The molecule has 62 valence electrons. The van der Waals surface area contributed by atoms with E-state index in [1.54, 1.807) is 12.1 Å². The van der Waals surface area contributed by atoms with Crippen LogP contribution in [-0.2, 0) is 6.54 Å². The van der Waals surface area contributed by atoms with Crippen LogP contribution in [-0.4, -0.2) is 5.11 Å². The Kier molecular flexibility index (Phi) is 4.26. The van der Waals surface area contributed by atoms with Crippen LogP contribution in [0.15, 0.2) is 18.2 Å². The third kappa shape index (κ3) is 2.58. The van der Waals surface area contributed by atoms with Gasteiger partial charge < -0.3 is 10.8 Å². The van der Waals surface area contributed by atoms with Crippen LogP contribution in [0.4, 0.5) is 0 Å². The molecule has 2 nitrogen and oxygen atoms in total. The zero-order chi connectivity index (χ0) is 7.56. The number of aromatic hydroxyl groups is 1. The second-order valence-electron chi connectivity index (χ2n) is 1.98. The summed E-state index contributed by atoms with van der Waals surface area (Å²) in [4.78, 5) is 0. The molecule has 0 unspecified atom stereocenters. The van der Waals surface area contributed by atoms with Crippen molar-refractivity contribution in [2.75, 3.05) is 0 Å². The lowest BCUT2D eigenvalue weighted by molar-refractivity contribution is 0.475. The fraction of sp³-hybridized carbons (Fsp3) is 0.143. The average Bonchev–Trinajstić information content (AvgIpc) is 1.88. The van der Waals surface area contributed by atoms with Crippen LogP contribution in [0.1, 0.15) is 5.56 Å². The summed E-state index contributed by atoms with van der Waals surface area (Å²) in [6.45, 7) is 0.402. The first kappa shape index (κ1) is 10.6. The van der Waals surface area contributed by atoms with E-state index >= 15 is 0 Å². The van der Waals surface area contributed by atoms with E-state index in [2.05, 4.69) is 0 Å². The lowest BCUT2D eigenvalue weighted by atomic mass is 10.2. The predicted molar refractivity (Wildman–Crippen MR) is 48.3 cm³/mol. The lowest BCUT2D eigenvalue weighted by Crippen LogP contribution is -1.96. The van der Waals surface area contributed by atoms with E-state index in [4.69, 9.17) is 22.4 Å². The summed E-state index contributed by atoms with van der Waals surface area (Å²) in [5.41, 5.74) is 6.18. The minimum Gasteiger partial charge on any atom is -0.508 e. The predicted octanol–water partition coefficient (Wildman–Crippen LogP) is 1.93. The zero-order valence-electron chi connectivity index (χ0n) is 5.75. The van der Waals surface area contributed by atoms with Crippen LogP contribution in [0.25, 0.3) is 0 Å². The fourth-order valence-electron chi connectivity index (χ4n) is 0.702. The molecule has 0 spiro atoms. The van der Waals surface area contributed by atoms with Crippen molar-refractivity contribution in [2.24, 2.45) is 5.73 Å². The molecule has 1 aromatic rings. The molecule has 0 aliphatic carbocycles. The van der Waals surface area contributed by atoms with E-state index < -0.39 is 0 Å². The highest BCUT2D eigenvalue weighted by Gasteiger charge is 1.97. The van der Waals surface area contributed by atoms with Crippen molar-refractivity contribution in [1.29, 1.82) is 0 Å². The van der Waals surface area contributed by atoms with Gasteiger partial charge in [-0.3, -0.25) is 0 Å². The normalized spacial score (nSPS) is 8.91. The number of phenolic OH excluding ortho intramolecular Hbond substituents is 1. The molecule has 0 aliphatic heterocycles. The number of benzene rings is 1. The minimum atomic E-state index is 0. The molecule has 11 heavy (non-hydrogen) atoms. The monoisotopic (exact) mass is 193 g/mol. The van der Waals surface area contributed by atoms with E-state index in [1.807, 2.05) is 0 Å². The summed E-state index contributed by atoms with van der Waals surface area (Å²) in [5.74, 6) is 0.169. The average molecular weight is 194 g/mol. The van der Waals surface area contributed by atoms with Crippen LogP contribution >= 0.6 is 24.0 Å². The maximum atomic E-state index is 8.91. The summed E-state index contributed by atoms with van der Waals surface area (Å²) in [5, 5.41) is 9.42. The van der Waals surface area contributed by atoms with Crippen LogP contribution in [0.3, 0.4) is 0 Å². The number of hydrogen-bond donors (Lipinski definition) is 2. The molecule has 1 rings (SSSR count). The maximum Gasteiger partial charge on any atom is 0.117 e. The van der Waals surface area contributed by atoms with Crippen LogP contribution in [0.2, 0.25) is 5.02 Å². The van der Waals surface area contributed by atoms with Crippen LogP contribution < -0.4 is 5.73 Å². The Labute approximate surface area is 76.4 Å². The van der Waals surface area contributed by atoms with Gasteiger partial charge in [-0.2, -0.15) is 0 Å². The van der Waals surface area contributed by atoms with E-state index in [-0.39, 0.29) is 18.2 Å². The van der Waals surface area contributed by atoms with Gasteiger partial charge in [0.15, 0.2) is 0 Å². The van der Waals surface area contributed by atoms with Crippen molar-refractivity contribution >= 4 is 24.0 Å². The summed E-state index contributed by atoms with van der Waals surface area (Å²) >= 11 is 5.69. The molecule has 0 aromatic heterocycles. The summed E-state index contributed by atoms with van der Waals surface area (Å²) in [7, 11) is 0. The summed E-state index contributed by atoms with van der Waals surface area (Å²) in [6.07, 6.45) is 0. The molecule has 0 fully saturated rings. The highest BCUT2D eigenvalue weighted by molar-refractivity contribution is 6.31. The molecule has 0 aliphatic rings. The molecular weight excluding hydrogens is 185 g/mol. The van der Waals surface area contributed by atoms with Crippen LogP contribution in [0.5, 0.6) is 5.75 Å². The Hall–Kier alpha value is -0.440. The Balaban J connectivity index is 0.000001000. The van der Waals surface area contributed by atoms with E-state index in [0.29, 0.717) is 11.6 Å². The molecule has 0 amide bonds. The molecule has 0 saturated carbocycles. The van der Waals surface area contributed by atoms with E-state index in [1.165, 1.54) is 6.07 Å². The topological polar surface area (TPSA) is 46.2 Å². The first-order valence-corrected chi connectivity index (χ1v) is 3.29. The molecular formula is C7H9Cl2NO. The molecule has 0 radical (unpaired) electrons. The summed E-state index contributed by atoms with van der Waals surface area (Å²) in [6, 6.07) is 4.75. The third-order valence-electron chi connectivity index (χ3n) is 1.26. The molecule has 0 bridgehead atoms. The standard InChI is InChI=1S/C7H8ClNO.ClH/c8-7-3-6(10)2-1-5(7)4-9;/h1-3,10H,4,9H2;1H. The summed E-state index contributed by atoms with van der Waals surface area (Å²) < 4.78 is 0. The second kappa shape index (κ2) is 4.44. The minimum absolute atomic E-state index is 0. The quantitative estimate of drug-likeness (QED) is 0.717. The molecule has 3 N–H and O–H groups in total. The third-order valence-corrected chi connectivity index (χ3v) is 1.61. The Morgan fingerprint density at radius 3 is 2.55 bits per heavy atom. The van der Waals surface area contributed by atoms with E-state index in [0.717, 1.165) is 5.56 Å². The van der Waals surface area contributed by atoms with Gasteiger partial charge >= 0.3 is 0 Å². The van der Waals surface area contributed by atoms with Crippen molar-refractivity contribution in [1.82, 2.24) is 0 Å². The number of phenols is 1. The lowest BCUT2D eigenvalue weighted by Gasteiger charge is -1.99. The maximum absolute atomic E-state index is 8.91. The molecule has 0 atom stereocenters. The number of halogens is 2. The Morgan fingerprint density at radius 1 is 1.45 bits per heavy atom. The van der Waals surface area contributed by atoms with Crippen molar-refractivity contribution < 1.29 is 5.11 Å². The number of hydrogen-bond acceptors (Lipinski definition) is 2. The van der Waals surface area contributed by atoms with Crippen molar-refractivity contribution in [2.45, 2.75) is 6.54 Å². The van der Waals surface area contributed by atoms with Crippen molar-refractivity contribution in [3.05, 3.63) is 28.8 Å². The van der Waals surface area contributed by atoms with Gasteiger partial charge in [0.2, 0.25) is 0 Å². The van der Waals surface area contributed by atoms with Gasteiger partial charge in [0.25, 0.3) is 0 Å². The zero-order valence-corrected chi connectivity index (χ0v) is 7.32. The van der Waals surface area contributed by atoms with Gasteiger partial charge in [0.1, 0.15) is 5.75 Å². The molecule has 0 heterocycles. The largest absolute Gasteiger partial charge is 0.508 e. The highest BCUT2D eigenvalue weighted by Crippen LogP contribution is 2.20. The van der Waals surface area contributed by atoms with Crippen molar-refractivity contribution in [3.8, 4) is 5.75 Å². The SMILES string of the molecule is Cl.NCc1ccc(O)cc1Cl. The first-order chi connectivity index (χ1) is 4.74. The van der Waals surface area contributed by atoms with Crippen LogP contribution in [0, 0.1) is 0 Å². The molecule has 4 heteroatoms. The second-order valence-corrected chi connectivity index (χ2v) is 2.39. The van der Waals surface area contributed by atoms with Crippen molar-refractivity contribution in [3.63, 3.8) is 0 Å². The number of rotatable bonds is 1. The first-order valence-electron chi connectivity index (χ1n) is 2.91. The van der Waals surface area contributed by atoms with Gasteiger partial charge in [0.05, 0.1) is 0 Å². The smallest absolute Gasteiger partial charge is 0.117 e. The molecule has 1 aromatic carbocycles. The number of nitrogens with two attached hydrogens (primary N) is 1. The van der Waals surface area contributed by atoms with E-state index in [9.17, 15) is 0 Å². The Morgan fingerprint density at radius 2 is 2.09 bits per heavy atom. The van der Waals surface area contributed by atoms with Gasteiger partial charge in [0, 0.05) is 11.6 Å². The highest BCUT2D eigenvalue weighted by atomic mass is 35.5. The van der Waals surface area contributed by atoms with Gasteiger partial charge in [-0.25, -0.2) is 0 Å². The fourth-order valence-corrected chi connectivity index (χ4v) is 0.954. The van der Waals surface area contributed by atoms with Gasteiger partial charge in [-0.05, 0) is 17.7 Å². The van der Waals surface area contributed by atoms with Gasteiger partial charge in [-0.15, -0.1) is 12.4 Å². The Bertz CT molecular complexity index is 240. The molecule has 0 saturated heterocycles.